The van der Waals surface area contributed by atoms with E-state index < -0.39 is 0 Å². The molecule has 0 atom stereocenters. The summed E-state index contributed by atoms with van der Waals surface area (Å²) in [7, 11) is 0. The van der Waals surface area contributed by atoms with Gasteiger partial charge in [0.25, 0.3) is 0 Å². The molecule has 0 spiro atoms. The predicted molar refractivity (Wildman–Crippen MR) is 133 cm³/mol. The second kappa shape index (κ2) is 8.33. The van der Waals surface area contributed by atoms with Crippen LogP contribution < -0.4 is 0 Å². The van der Waals surface area contributed by atoms with Crippen LogP contribution in [0.4, 0.5) is 0 Å². The Morgan fingerprint density at radius 1 is 0.576 bits per heavy atom. The molecule has 3 heterocycles. The summed E-state index contributed by atoms with van der Waals surface area (Å²) >= 11 is 1.64. The van der Waals surface area contributed by atoms with E-state index in [1.54, 1.807) is 23.7 Å². The fourth-order valence-corrected chi connectivity index (χ4v) is 4.58. The molecule has 3 aromatic heterocycles. The lowest BCUT2D eigenvalue weighted by Gasteiger charge is -2.10. The Hall–Kier alpha value is -4.29. The van der Waals surface area contributed by atoms with Gasteiger partial charge in [0.15, 0.2) is 17.5 Å². The van der Waals surface area contributed by atoms with Crippen LogP contribution >= 0.6 is 11.3 Å². The Morgan fingerprint density at radius 2 is 1.21 bits per heavy atom. The van der Waals surface area contributed by atoms with Crippen molar-refractivity contribution in [3.63, 3.8) is 0 Å². The summed E-state index contributed by atoms with van der Waals surface area (Å²) in [5, 5.41) is 0. The van der Waals surface area contributed by atoms with E-state index in [0.29, 0.717) is 17.5 Å². The predicted octanol–water partition coefficient (Wildman–Crippen LogP) is 6.54. The number of benzene rings is 3. The summed E-state index contributed by atoms with van der Waals surface area (Å²) < 4.78 is 1.15. The van der Waals surface area contributed by atoms with Crippen LogP contribution in [0.25, 0.3) is 55.5 Å². The largest absolute Gasteiger partial charge is 0.264 e. The number of aromatic nitrogens is 5. The Labute approximate surface area is 194 Å². The highest BCUT2D eigenvalue weighted by molar-refractivity contribution is 7.17. The molecule has 0 saturated carbocycles. The average molecular weight is 444 g/mol. The molecule has 6 heteroatoms. The van der Waals surface area contributed by atoms with Gasteiger partial charge in [-0.3, -0.25) is 4.98 Å². The first-order valence-electron chi connectivity index (χ1n) is 10.5. The number of hydrogen-bond acceptors (Lipinski definition) is 6. The van der Waals surface area contributed by atoms with Crippen LogP contribution in [-0.4, -0.2) is 24.9 Å². The van der Waals surface area contributed by atoms with Crippen LogP contribution in [0.5, 0.6) is 0 Å². The zero-order valence-corrected chi connectivity index (χ0v) is 18.3. The highest BCUT2D eigenvalue weighted by atomic mass is 32.1. The van der Waals surface area contributed by atoms with Gasteiger partial charge in [-0.05, 0) is 29.8 Å². The molecule has 6 rings (SSSR count). The number of rotatable bonds is 4. The number of thiazole rings is 1. The van der Waals surface area contributed by atoms with Crippen molar-refractivity contribution in [1.82, 2.24) is 24.9 Å². The Morgan fingerprint density at radius 3 is 1.91 bits per heavy atom. The molecule has 0 amide bonds. The highest BCUT2D eigenvalue weighted by Crippen LogP contribution is 2.35. The van der Waals surface area contributed by atoms with Gasteiger partial charge in [-0.15, -0.1) is 11.3 Å². The number of hydrogen-bond donors (Lipinski definition) is 0. The van der Waals surface area contributed by atoms with Crippen LogP contribution in [0, 0.1) is 0 Å². The van der Waals surface area contributed by atoms with E-state index in [2.05, 4.69) is 34.2 Å². The van der Waals surface area contributed by atoms with Crippen molar-refractivity contribution in [2.24, 2.45) is 0 Å². The number of fused-ring (bicyclic) bond motifs is 1. The van der Waals surface area contributed by atoms with Gasteiger partial charge in [0.05, 0.1) is 15.7 Å². The van der Waals surface area contributed by atoms with Gasteiger partial charge < -0.3 is 0 Å². The zero-order chi connectivity index (χ0) is 22.0. The summed E-state index contributed by atoms with van der Waals surface area (Å²) in [6.45, 7) is 0. The monoisotopic (exact) mass is 443 g/mol. The standard InChI is InChI=1S/C27H17N5S/c1-3-8-18(9-4-1)22-14-21(15-23-24(22)33-17-29-23)27-31-25(19-10-5-2-6-11-19)30-26(32-27)20-12-7-13-28-16-20/h1-17H. The van der Waals surface area contributed by atoms with Gasteiger partial charge in [-0.2, -0.15) is 0 Å². The number of nitrogens with zero attached hydrogens (tertiary/aromatic N) is 5. The normalized spacial score (nSPS) is 11.0. The Bertz CT molecular complexity index is 1490. The first-order chi connectivity index (χ1) is 16.3. The lowest BCUT2D eigenvalue weighted by molar-refractivity contribution is 1.07. The first-order valence-corrected chi connectivity index (χ1v) is 11.4. The van der Waals surface area contributed by atoms with E-state index >= 15 is 0 Å². The molecule has 3 aromatic carbocycles. The SMILES string of the molecule is c1ccc(-c2nc(-c3cccnc3)nc(-c3cc(-c4ccccc4)c4scnc4c3)n2)cc1. The fourth-order valence-electron chi connectivity index (χ4n) is 3.78. The molecule has 156 valence electrons. The molecule has 6 aromatic rings. The van der Waals surface area contributed by atoms with Crippen molar-refractivity contribution in [3.8, 4) is 45.3 Å². The van der Waals surface area contributed by atoms with Gasteiger partial charge in [0.1, 0.15) is 0 Å². The fraction of sp³-hybridized carbons (Fsp3) is 0. The van der Waals surface area contributed by atoms with Crippen LogP contribution in [0.2, 0.25) is 0 Å². The van der Waals surface area contributed by atoms with Gasteiger partial charge in [-0.1, -0.05) is 60.7 Å². The van der Waals surface area contributed by atoms with E-state index in [4.69, 9.17) is 15.0 Å². The van der Waals surface area contributed by atoms with E-state index in [1.807, 2.05) is 66.2 Å². The van der Waals surface area contributed by atoms with Crippen LogP contribution in [0.3, 0.4) is 0 Å². The molecule has 0 bridgehead atoms. The highest BCUT2D eigenvalue weighted by Gasteiger charge is 2.15. The van der Waals surface area contributed by atoms with Gasteiger partial charge in [-0.25, -0.2) is 19.9 Å². The average Bonchev–Trinajstić information content (AvgIpc) is 3.38. The maximum absolute atomic E-state index is 4.86. The smallest absolute Gasteiger partial charge is 0.165 e. The first kappa shape index (κ1) is 19.4. The molecule has 0 unspecified atom stereocenters. The van der Waals surface area contributed by atoms with Crippen molar-refractivity contribution in [2.75, 3.05) is 0 Å². The van der Waals surface area contributed by atoms with Crippen LogP contribution in [0.15, 0.2) is 103 Å². The Kier molecular flexibility index (Phi) is 4.90. The van der Waals surface area contributed by atoms with E-state index in [1.165, 1.54) is 0 Å². The lowest BCUT2D eigenvalue weighted by atomic mass is 10.0. The van der Waals surface area contributed by atoms with Crippen molar-refractivity contribution >= 4 is 21.6 Å². The third kappa shape index (κ3) is 3.77. The zero-order valence-electron chi connectivity index (χ0n) is 17.5. The molecule has 5 nitrogen and oxygen atoms in total. The second-order valence-electron chi connectivity index (χ2n) is 7.50. The van der Waals surface area contributed by atoms with Crippen molar-refractivity contribution in [2.45, 2.75) is 0 Å². The van der Waals surface area contributed by atoms with Gasteiger partial charge >= 0.3 is 0 Å². The minimum Gasteiger partial charge on any atom is -0.264 e. The van der Waals surface area contributed by atoms with Gasteiger partial charge in [0, 0.05) is 34.6 Å². The summed E-state index contributed by atoms with van der Waals surface area (Å²) in [4.78, 5) is 23.3. The molecule has 0 aliphatic carbocycles. The van der Waals surface area contributed by atoms with Crippen molar-refractivity contribution in [3.05, 3.63) is 103 Å². The summed E-state index contributed by atoms with van der Waals surface area (Å²) in [6.07, 6.45) is 3.51. The molecule has 0 aliphatic rings. The third-order valence-corrected chi connectivity index (χ3v) is 6.24. The van der Waals surface area contributed by atoms with Crippen LogP contribution in [0.1, 0.15) is 0 Å². The minimum absolute atomic E-state index is 0.589. The molecule has 0 aliphatic heterocycles. The summed E-state index contributed by atoms with van der Waals surface area (Å²) in [5.74, 6) is 1.82. The molecule has 0 N–H and O–H groups in total. The maximum atomic E-state index is 4.86. The van der Waals surface area contributed by atoms with Crippen molar-refractivity contribution < 1.29 is 0 Å². The molecule has 33 heavy (non-hydrogen) atoms. The quantitative estimate of drug-likeness (QED) is 0.309. The van der Waals surface area contributed by atoms with E-state index in [-0.39, 0.29) is 0 Å². The summed E-state index contributed by atoms with van der Waals surface area (Å²) in [6, 6.07) is 28.3. The van der Waals surface area contributed by atoms with E-state index in [9.17, 15) is 0 Å². The molecular weight excluding hydrogens is 426 g/mol. The maximum Gasteiger partial charge on any atom is 0.165 e. The van der Waals surface area contributed by atoms with Crippen molar-refractivity contribution in [1.29, 1.82) is 0 Å². The van der Waals surface area contributed by atoms with Crippen LogP contribution in [-0.2, 0) is 0 Å². The lowest BCUT2D eigenvalue weighted by Crippen LogP contribution is -2.00. The molecule has 0 saturated heterocycles. The Balaban J connectivity index is 1.59. The second-order valence-corrected chi connectivity index (χ2v) is 8.36. The topological polar surface area (TPSA) is 64.5 Å². The summed E-state index contributed by atoms with van der Waals surface area (Å²) in [5.41, 5.74) is 7.75. The number of pyridine rings is 1. The molecular formula is C27H17N5S. The third-order valence-electron chi connectivity index (χ3n) is 5.36. The molecule has 0 fully saturated rings. The molecule has 0 radical (unpaired) electrons. The van der Waals surface area contributed by atoms with E-state index in [0.717, 1.165) is 38.0 Å². The minimum atomic E-state index is 0.589. The van der Waals surface area contributed by atoms with Gasteiger partial charge in [0.2, 0.25) is 0 Å².